The molecule has 1 saturated heterocycles. The summed E-state index contributed by atoms with van der Waals surface area (Å²) in [5, 5.41) is 23.1. The van der Waals surface area contributed by atoms with E-state index in [1.807, 2.05) is 0 Å². The zero-order valence-corrected chi connectivity index (χ0v) is 22.8. The van der Waals surface area contributed by atoms with Crippen molar-refractivity contribution in [2.75, 3.05) is 36.5 Å². The van der Waals surface area contributed by atoms with E-state index >= 15 is 0 Å². The summed E-state index contributed by atoms with van der Waals surface area (Å²) in [5.74, 6) is -2.68. The van der Waals surface area contributed by atoms with Gasteiger partial charge in [-0.05, 0) is 6.92 Å². The number of nitrogens with one attached hydrogen (secondary N) is 3. The fourth-order valence-corrected chi connectivity index (χ4v) is 5.64. The van der Waals surface area contributed by atoms with Gasteiger partial charge in [-0.1, -0.05) is 5.16 Å². The average molecular weight is 591 g/mol. The Kier molecular flexibility index (Phi) is 9.12. The molecule has 2 aliphatic rings. The van der Waals surface area contributed by atoms with Crippen LogP contribution < -0.4 is 37.1 Å². The number of rotatable bonds is 11. The molecule has 0 radical (unpaired) electrons. The lowest BCUT2D eigenvalue weighted by Crippen LogP contribution is -2.71. The lowest BCUT2D eigenvalue weighted by Gasteiger charge is -2.50. The van der Waals surface area contributed by atoms with Crippen molar-refractivity contribution in [2.24, 2.45) is 10.9 Å². The number of pyridine rings is 1. The minimum Gasteiger partial charge on any atom is -0.543 e. The van der Waals surface area contributed by atoms with Crippen molar-refractivity contribution >= 4 is 63.6 Å². The number of carbonyl (C=O) groups excluding carboxylic acids is 4. The number of amides is 4. The highest BCUT2D eigenvalue weighted by atomic mass is 32.2. The summed E-state index contributed by atoms with van der Waals surface area (Å²) in [6, 6.07) is 1.87. The van der Waals surface area contributed by atoms with Gasteiger partial charge < -0.3 is 42.2 Å². The van der Waals surface area contributed by atoms with Gasteiger partial charge in [0, 0.05) is 48.1 Å². The van der Waals surface area contributed by atoms with Crippen LogP contribution in [-0.2, 0) is 25.8 Å². The Morgan fingerprint density at radius 3 is 2.70 bits per heavy atom. The monoisotopic (exact) mass is 590 g/mol. The number of thioether (sulfide) groups is 1. The van der Waals surface area contributed by atoms with Crippen molar-refractivity contribution in [1.29, 1.82) is 0 Å². The van der Waals surface area contributed by atoms with Crippen LogP contribution in [0.25, 0.3) is 0 Å². The Labute approximate surface area is 236 Å². The van der Waals surface area contributed by atoms with E-state index in [0.29, 0.717) is 24.4 Å². The van der Waals surface area contributed by atoms with E-state index in [1.165, 1.54) is 11.8 Å². The van der Waals surface area contributed by atoms with Gasteiger partial charge in [-0.2, -0.15) is 9.36 Å². The van der Waals surface area contributed by atoms with Gasteiger partial charge in [0.1, 0.15) is 18.0 Å². The molecule has 7 N–H and O–H groups in total. The molecule has 4 heterocycles. The van der Waals surface area contributed by atoms with E-state index in [-0.39, 0.29) is 41.3 Å². The Morgan fingerprint density at radius 2 is 2.08 bits per heavy atom. The number of carboxylic acids is 1. The first-order chi connectivity index (χ1) is 19.2. The highest BCUT2D eigenvalue weighted by Crippen LogP contribution is 2.40. The van der Waals surface area contributed by atoms with Crippen molar-refractivity contribution in [3.05, 3.63) is 41.6 Å². The van der Waals surface area contributed by atoms with Gasteiger partial charge in [-0.25, -0.2) is 9.36 Å². The van der Waals surface area contributed by atoms with Crippen LogP contribution >= 0.6 is 23.3 Å². The van der Waals surface area contributed by atoms with E-state index in [9.17, 15) is 24.3 Å². The number of urea groups is 1. The van der Waals surface area contributed by atoms with Gasteiger partial charge in [0.05, 0.1) is 17.4 Å². The van der Waals surface area contributed by atoms with E-state index in [2.05, 4.69) is 30.5 Å². The Bertz CT molecular complexity index is 1360. The molecule has 0 unspecified atom stereocenters. The normalized spacial score (nSPS) is 18.5. The molecule has 2 aromatic heterocycles. The zero-order chi connectivity index (χ0) is 28.8. The second-order valence-electron chi connectivity index (χ2n) is 8.34. The number of nitrogens with zero attached hydrogens (tertiary/aromatic N) is 5. The van der Waals surface area contributed by atoms with Crippen LogP contribution in [0, 0.1) is 0 Å². The minimum absolute atomic E-state index is 0.0552. The topological polar surface area (TPSA) is 234 Å². The van der Waals surface area contributed by atoms with Gasteiger partial charge in [0.2, 0.25) is 11.5 Å². The van der Waals surface area contributed by atoms with Crippen LogP contribution in [0.15, 0.2) is 41.0 Å². The van der Waals surface area contributed by atoms with Crippen molar-refractivity contribution in [3.8, 4) is 0 Å². The SMILES string of the molecule is CCO/N=C(/C(=O)N[C@@H]1C(=O)N2C(C(=O)[O-])=C(C[n+]3ccc(NC(=O)NCCN)cc3)CS[C@H]12)c1nsc(N)n1. The number of carboxylic acid groups (broad SMARTS) is 1. The predicted octanol–water partition coefficient (Wildman–Crippen LogP) is -2.67. The van der Waals surface area contributed by atoms with E-state index in [4.69, 9.17) is 16.3 Å². The van der Waals surface area contributed by atoms with Gasteiger partial charge in [0.25, 0.3) is 11.8 Å². The summed E-state index contributed by atoms with van der Waals surface area (Å²) in [7, 11) is 0. The number of fused-ring (bicyclic) bond motifs is 1. The van der Waals surface area contributed by atoms with Crippen LogP contribution in [0.3, 0.4) is 0 Å². The van der Waals surface area contributed by atoms with Gasteiger partial charge in [-0.3, -0.25) is 14.5 Å². The molecular weight excluding hydrogens is 564 g/mol. The third-order valence-corrected chi connectivity index (χ3v) is 7.52. The lowest BCUT2D eigenvalue weighted by molar-refractivity contribution is -0.689. The molecule has 4 rings (SSSR count). The molecule has 40 heavy (non-hydrogen) atoms. The van der Waals surface area contributed by atoms with Gasteiger partial charge in [-0.15, -0.1) is 11.8 Å². The number of hydrogen-bond donors (Lipinski definition) is 5. The fourth-order valence-electron chi connectivity index (χ4n) is 3.87. The number of β-lactam (4-membered cyclic amide) rings is 1. The van der Waals surface area contributed by atoms with Gasteiger partial charge >= 0.3 is 6.03 Å². The third kappa shape index (κ3) is 6.29. The summed E-state index contributed by atoms with van der Waals surface area (Å²) in [6.07, 6.45) is 3.32. The molecule has 2 atom stereocenters. The Balaban J connectivity index is 1.45. The standard InChI is InChI=1S/C22H26N10O6S2/c1-2-38-29-13(16-28-21(24)40-30-16)17(33)27-14-18(34)32-15(20(35)36)11(10-39-19(14)32)9-31-7-3-12(4-8-31)26-22(37)25-6-5-23/h3-4,7-8,14,19H,2,5-6,9-10,23H2,1H3,(H5,24,25,27,28,30,33,35,36,37)/b29-13+/t14-,19-/m1/s1. The predicted molar refractivity (Wildman–Crippen MR) is 142 cm³/mol. The van der Waals surface area contributed by atoms with E-state index in [1.54, 1.807) is 36.0 Å². The lowest BCUT2D eigenvalue weighted by atomic mass is 10.0. The summed E-state index contributed by atoms with van der Waals surface area (Å²) >= 11 is 2.16. The first-order valence-electron chi connectivity index (χ1n) is 12.0. The van der Waals surface area contributed by atoms with Crippen LogP contribution in [0.1, 0.15) is 12.7 Å². The number of aliphatic carboxylic acids is 1. The summed E-state index contributed by atoms with van der Waals surface area (Å²) < 4.78 is 5.67. The number of anilines is 2. The first kappa shape index (κ1) is 28.7. The molecular formula is C22H26N10O6S2. The third-order valence-electron chi connectivity index (χ3n) is 5.63. The maximum atomic E-state index is 13.0. The molecule has 16 nitrogen and oxygen atoms in total. The van der Waals surface area contributed by atoms with Crippen LogP contribution in [-0.4, -0.2) is 80.6 Å². The highest BCUT2D eigenvalue weighted by molar-refractivity contribution is 8.00. The second-order valence-corrected chi connectivity index (χ2v) is 10.2. The molecule has 212 valence electrons. The van der Waals surface area contributed by atoms with Crippen molar-refractivity contribution in [2.45, 2.75) is 24.9 Å². The van der Waals surface area contributed by atoms with Crippen molar-refractivity contribution < 1.29 is 33.7 Å². The number of oxime groups is 1. The largest absolute Gasteiger partial charge is 0.543 e. The fraction of sp³-hybridized carbons (Fsp3) is 0.364. The molecule has 18 heteroatoms. The molecule has 1 fully saturated rings. The quantitative estimate of drug-likeness (QED) is 0.0783. The summed E-state index contributed by atoms with van der Waals surface area (Å²) in [5.41, 5.74) is 11.4. The molecule has 2 aromatic rings. The maximum Gasteiger partial charge on any atom is 0.319 e. The van der Waals surface area contributed by atoms with E-state index < -0.39 is 35.2 Å². The average Bonchev–Trinajstić information content (AvgIpc) is 3.37. The zero-order valence-electron chi connectivity index (χ0n) is 21.2. The van der Waals surface area contributed by atoms with Gasteiger partial charge in [0.15, 0.2) is 24.1 Å². The smallest absolute Gasteiger partial charge is 0.319 e. The molecule has 2 aliphatic heterocycles. The summed E-state index contributed by atoms with van der Waals surface area (Å²) in [6.45, 7) is 2.65. The summed E-state index contributed by atoms with van der Waals surface area (Å²) in [4.78, 5) is 59.9. The minimum atomic E-state index is -1.50. The van der Waals surface area contributed by atoms with Crippen LogP contribution in [0.5, 0.6) is 0 Å². The second kappa shape index (κ2) is 12.7. The number of nitrogen functional groups attached to an aromatic ring is 1. The Hall–Kier alpha value is -4.29. The maximum absolute atomic E-state index is 13.0. The molecule has 0 spiro atoms. The number of carbonyl (C=O) groups is 4. The van der Waals surface area contributed by atoms with Crippen molar-refractivity contribution in [3.63, 3.8) is 0 Å². The number of nitrogens with two attached hydrogens (primary N) is 2. The Morgan fingerprint density at radius 1 is 1.32 bits per heavy atom. The van der Waals surface area contributed by atoms with Crippen LogP contribution in [0.2, 0.25) is 0 Å². The molecule has 0 saturated carbocycles. The number of aromatic nitrogens is 3. The molecule has 4 amide bonds. The number of hydrogen-bond acceptors (Lipinski definition) is 13. The van der Waals surface area contributed by atoms with Crippen molar-refractivity contribution in [1.82, 2.24) is 24.9 Å². The molecule has 0 bridgehead atoms. The van der Waals surface area contributed by atoms with Crippen LogP contribution in [0.4, 0.5) is 15.6 Å². The molecule has 0 aliphatic carbocycles. The molecule has 0 aromatic carbocycles. The van der Waals surface area contributed by atoms with E-state index in [0.717, 1.165) is 16.4 Å². The highest BCUT2D eigenvalue weighted by Gasteiger charge is 2.53. The first-order valence-corrected chi connectivity index (χ1v) is 13.8.